The first kappa shape index (κ1) is 15.3. The average Bonchev–Trinajstić information content (AvgIpc) is 2.48. The molecule has 1 amide bonds. The summed E-state index contributed by atoms with van der Waals surface area (Å²) in [5.41, 5.74) is 0.357. The molecule has 2 aromatic rings. The lowest BCUT2D eigenvalue weighted by molar-refractivity contribution is -0.118. The highest BCUT2D eigenvalue weighted by molar-refractivity contribution is 9.10. The zero-order valence-electron chi connectivity index (χ0n) is 10.6. The van der Waals surface area contributed by atoms with Crippen molar-refractivity contribution in [3.05, 3.63) is 51.6 Å². The molecular weight excluding hydrogens is 358 g/mol. The van der Waals surface area contributed by atoms with Crippen molar-refractivity contribution in [1.82, 2.24) is 4.98 Å². The number of halogens is 2. The fourth-order valence-corrected chi connectivity index (χ4v) is 1.93. The number of aromatic nitrogens is 1. The molecule has 0 bridgehead atoms. The van der Waals surface area contributed by atoms with Crippen LogP contribution in [0.15, 0.2) is 41.0 Å². The maximum atomic E-state index is 11.8. The summed E-state index contributed by atoms with van der Waals surface area (Å²) in [5.74, 6) is 0.336. The quantitative estimate of drug-likeness (QED) is 0.900. The predicted molar refractivity (Wildman–Crippen MR) is 82.2 cm³/mol. The van der Waals surface area contributed by atoms with Gasteiger partial charge in [0.15, 0.2) is 6.61 Å². The van der Waals surface area contributed by atoms with Crippen molar-refractivity contribution >= 4 is 39.3 Å². The van der Waals surface area contributed by atoms with Crippen LogP contribution in [-0.2, 0) is 4.79 Å². The highest BCUT2D eigenvalue weighted by atomic mass is 79.9. The normalized spacial score (nSPS) is 9.76. The maximum absolute atomic E-state index is 11.8. The molecule has 106 valence electrons. The van der Waals surface area contributed by atoms with E-state index in [0.717, 1.165) is 4.47 Å². The van der Waals surface area contributed by atoms with Gasteiger partial charge in [-0.15, -0.1) is 0 Å². The Morgan fingerprint density at radius 3 is 2.90 bits per heavy atom. The van der Waals surface area contributed by atoms with Gasteiger partial charge < -0.3 is 10.1 Å². The average molecular weight is 367 g/mol. The Balaban J connectivity index is 1.97. The second kappa shape index (κ2) is 7.07. The molecule has 0 saturated heterocycles. The molecule has 0 radical (unpaired) electrons. The molecule has 0 aliphatic heterocycles. The van der Waals surface area contributed by atoms with Crippen molar-refractivity contribution in [2.75, 3.05) is 11.9 Å². The van der Waals surface area contributed by atoms with Gasteiger partial charge in [-0.05, 0) is 30.3 Å². The Bertz CT molecular complexity index is 698. The van der Waals surface area contributed by atoms with Gasteiger partial charge in [0.2, 0.25) is 0 Å². The number of anilines is 1. The Hall–Kier alpha value is -2.10. The van der Waals surface area contributed by atoms with Gasteiger partial charge in [0.05, 0.1) is 10.6 Å². The third-order valence-corrected chi connectivity index (χ3v) is 3.13. The summed E-state index contributed by atoms with van der Waals surface area (Å²) in [6.07, 6.45) is 1.43. The van der Waals surface area contributed by atoms with E-state index in [1.54, 1.807) is 30.3 Å². The van der Waals surface area contributed by atoms with E-state index in [2.05, 4.69) is 26.2 Å². The molecule has 5 nitrogen and oxygen atoms in total. The molecule has 0 unspecified atom stereocenters. The smallest absolute Gasteiger partial charge is 0.263 e. The minimum Gasteiger partial charge on any atom is -0.482 e. The van der Waals surface area contributed by atoms with E-state index in [-0.39, 0.29) is 12.5 Å². The first-order valence-corrected chi connectivity index (χ1v) is 6.99. The summed E-state index contributed by atoms with van der Waals surface area (Å²) in [6, 6.07) is 10.2. The summed E-state index contributed by atoms with van der Waals surface area (Å²) in [4.78, 5) is 15.7. The molecule has 0 atom stereocenters. The maximum Gasteiger partial charge on any atom is 0.263 e. The second-order valence-electron chi connectivity index (χ2n) is 3.95. The van der Waals surface area contributed by atoms with Crippen LogP contribution in [-0.4, -0.2) is 17.5 Å². The first-order valence-electron chi connectivity index (χ1n) is 5.82. The van der Waals surface area contributed by atoms with Gasteiger partial charge >= 0.3 is 0 Å². The molecule has 0 aliphatic carbocycles. The largest absolute Gasteiger partial charge is 0.482 e. The minimum absolute atomic E-state index is 0.227. The van der Waals surface area contributed by atoms with Crippen molar-refractivity contribution in [2.45, 2.75) is 0 Å². The SMILES string of the molecule is N#Cc1ccc(Br)cc1OCC(=O)Nc1ccc(Cl)cn1. The summed E-state index contributed by atoms with van der Waals surface area (Å²) in [7, 11) is 0. The zero-order chi connectivity index (χ0) is 15.2. The van der Waals surface area contributed by atoms with Gasteiger partial charge in [0.25, 0.3) is 5.91 Å². The Morgan fingerprint density at radius 2 is 2.24 bits per heavy atom. The summed E-state index contributed by atoms with van der Waals surface area (Å²) >= 11 is 8.98. The van der Waals surface area contributed by atoms with Crippen LogP contribution in [0, 0.1) is 11.3 Å². The molecule has 0 aliphatic rings. The molecule has 1 aromatic carbocycles. The van der Waals surface area contributed by atoms with E-state index in [1.165, 1.54) is 6.20 Å². The van der Waals surface area contributed by atoms with Gasteiger partial charge in [-0.1, -0.05) is 27.5 Å². The third-order valence-electron chi connectivity index (χ3n) is 2.42. The lowest BCUT2D eigenvalue weighted by Crippen LogP contribution is -2.21. The Labute approximate surface area is 134 Å². The molecule has 2 rings (SSSR count). The number of carbonyl (C=O) groups is 1. The molecular formula is C14H9BrClN3O2. The van der Waals surface area contributed by atoms with Crippen LogP contribution < -0.4 is 10.1 Å². The molecule has 1 N–H and O–H groups in total. The number of nitrogens with zero attached hydrogens (tertiary/aromatic N) is 2. The fourth-order valence-electron chi connectivity index (χ4n) is 1.48. The Morgan fingerprint density at radius 1 is 1.43 bits per heavy atom. The van der Waals surface area contributed by atoms with Gasteiger partial charge in [0, 0.05) is 10.7 Å². The highest BCUT2D eigenvalue weighted by Gasteiger charge is 2.08. The number of benzene rings is 1. The number of nitrogens with one attached hydrogen (secondary N) is 1. The molecule has 0 spiro atoms. The van der Waals surface area contributed by atoms with Crippen molar-refractivity contribution in [2.24, 2.45) is 0 Å². The third kappa shape index (κ3) is 4.45. The van der Waals surface area contributed by atoms with Crippen molar-refractivity contribution in [1.29, 1.82) is 5.26 Å². The van der Waals surface area contributed by atoms with Crippen molar-refractivity contribution < 1.29 is 9.53 Å². The van der Waals surface area contributed by atoms with Crippen LogP contribution in [0.4, 0.5) is 5.82 Å². The highest BCUT2D eigenvalue weighted by Crippen LogP contribution is 2.23. The van der Waals surface area contributed by atoms with Gasteiger partial charge in [0.1, 0.15) is 17.6 Å². The number of hydrogen-bond acceptors (Lipinski definition) is 4. The molecule has 0 fully saturated rings. The van der Waals surface area contributed by atoms with E-state index >= 15 is 0 Å². The summed E-state index contributed by atoms with van der Waals surface area (Å²) < 4.78 is 6.11. The van der Waals surface area contributed by atoms with Crippen LogP contribution >= 0.6 is 27.5 Å². The van der Waals surface area contributed by atoms with E-state index in [9.17, 15) is 4.79 Å². The van der Waals surface area contributed by atoms with E-state index in [4.69, 9.17) is 21.6 Å². The number of rotatable bonds is 4. The van der Waals surface area contributed by atoms with Crippen LogP contribution in [0.25, 0.3) is 0 Å². The Kier molecular flexibility index (Phi) is 5.14. The van der Waals surface area contributed by atoms with Crippen LogP contribution in [0.5, 0.6) is 5.75 Å². The number of amides is 1. The lowest BCUT2D eigenvalue weighted by Gasteiger charge is -2.08. The number of nitriles is 1. The number of pyridine rings is 1. The van der Waals surface area contributed by atoms with Crippen LogP contribution in [0.2, 0.25) is 5.02 Å². The van der Waals surface area contributed by atoms with Crippen molar-refractivity contribution in [3.8, 4) is 11.8 Å². The zero-order valence-corrected chi connectivity index (χ0v) is 13.0. The van der Waals surface area contributed by atoms with Crippen LogP contribution in [0.3, 0.4) is 0 Å². The molecule has 1 aromatic heterocycles. The fraction of sp³-hybridized carbons (Fsp3) is 0.0714. The van der Waals surface area contributed by atoms with Gasteiger partial charge in [-0.3, -0.25) is 4.79 Å². The van der Waals surface area contributed by atoms with Crippen molar-refractivity contribution in [3.63, 3.8) is 0 Å². The van der Waals surface area contributed by atoms with E-state index in [0.29, 0.717) is 22.2 Å². The predicted octanol–water partition coefficient (Wildman–Crippen LogP) is 3.39. The monoisotopic (exact) mass is 365 g/mol. The molecule has 1 heterocycles. The van der Waals surface area contributed by atoms with Crippen LogP contribution in [0.1, 0.15) is 5.56 Å². The molecule has 21 heavy (non-hydrogen) atoms. The summed E-state index contributed by atoms with van der Waals surface area (Å²) in [6.45, 7) is -0.227. The van der Waals surface area contributed by atoms with Gasteiger partial charge in [-0.25, -0.2) is 4.98 Å². The second-order valence-corrected chi connectivity index (χ2v) is 5.30. The topological polar surface area (TPSA) is 75.0 Å². The standard InChI is InChI=1S/C14H9BrClN3O2/c15-10-2-1-9(6-17)12(5-10)21-8-14(20)19-13-4-3-11(16)7-18-13/h1-5,7H,8H2,(H,18,19,20). The molecule has 0 saturated carbocycles. The summed E-state index contributed by atoms with van der Waals surface area (Å²) in [5, 5.41) is 12.0. The number of carbonyl (C=O) groups excluding carboxylic acids is 1. The van der Waals surface area contributed by atoms with E-state index in [1.807, 2.05) is 6.07 Å². The minimum atomic E-state index is -0.381. The lowest BCUT2D eigenvalue weighted by atomic mass is 10.2. The van der Waals surface area contributed by atoms with Gasteiger partial charge in [-0.2, -0.15) is 5.26 Å². The number of ether oxygens (including phenoxy) is 1. The first-order chi connectivity index (χ1) is 10.1. The number of hydrogen-bond donors (Lipinski definition) is 1. The van der Waals surface area contributed by atoms with E-state index < -0.39 is 0 Å². The molecule has 7 heteroatoms.